The van der Waals surface area contributed by atoms with Gasteiger partial charge in [-0.15, -0.1) is 10.2 Å². The molecule has 0 spiro atoms. The van der Waals surface area contributed by atoms with Crippen LogP contribution in [-0.4, -0.2) is 22.3 Å². The fourth-order valence-corrected chi connectivity index (χ4v) is 2.42. The van der Waals surface area contributed by atoms with Crippen molar-refractivity contribution in [3.63, 3.8) is 0 Å². The molecule has 5 nitrogen and oxygen atoms in total. The minimum Gasteiger partial charge on any atom is -0.459 e. The van der Waals surface area contributed by atoms with E-state index in [2.05, 4.69) is 10.2 Å². The Hall–Kier alpha value is -2.21. The molecule has 1 heterocycles. The van der Waals surface area contributed by atoms with Gasteiger partial charge in [0.15, 0.2) is 16.7 Å². The Kier molecular flexibility index (Phi) is 4.66. The van der Waals surface area contributed by atoms with Crippen molar-refractivity contribution in [2.75, 3.05) is 0 Å². The second-order valence-corrected chi connectivity index (χ2v) is 6.26. The lowest BCUT2D eigenvalue weighted by atomic mass is 10.1. The van der Waals surface area contributed by atoms with E-state index in [1.807, 2.05) is 0 Å². The number of hydrogen-bond acceptors (Lipinski definition) is 5. The molecule has 0 saturated heterocycles. The maximum absolute atomic E-state index is 14.6. The van der Waals surface area contributed by atoms with E-state index in [1.54, 1.807) is 26.0 Å². The Morgan fingerprint density at radius 1 is 1.33 bits per heavy atom. The number of carbonyl (C=O) groups is 1. The van der Waals surface area contributed by atoms with Crippen molar-refractivity contribution in [2.45, 2.75) is 38.7 Å². The summed E-state index contributed by atoms with van der Waals surface area (Å²) in [6.45, 7) is 3.43. The van der Waals surface area contributed by atoms with Crippen molar-refractivity contribution < 1.29 is 18.7 Å². The third-order valence-corrected chi connectivity index (χ3v) is 3.69. The number of esters is 1. The summed E-state index contributed by atoms with van der Waals surface area (Å²) in [7, 11) is 0. The Morgan fingerprint density at radius 2 is 2.08 bits per heavy atom. The molecule has 1 aromatic heterocycles. The molecule has 0 bridgehead atoms. The molecule has 0 unspecified atom stereocenters. The summed E-state index contributed by atoms with van der Waals surface area (Å²) in [5.41, 5.74) is 0.612. The second-order valence-electron chi connectivity index (χ2n) is 5.88. The first-order valence-corrected chi connectivity index (χ1v) is 8.04. The first-order valence-electron chi connectivity index (χ1n) is 7.66. The van der Waals surface area contributed by atoms with Crippen LogP contribution in [0.3, 0.4) is 0 Å². The molecular weight excluding hydrogens is 335 g/mol. The number of carbonyl (C=O) groups excluding carboxylic acids is 1. The van der Waals surface area contributed by atoms with Crippen LogP contribution in [0.2, 0.25) is 5.15 Å². The monoisotopic (exact) mass is 350 g/mol. The van der Waals surface area contributed by atoms with Crippen LogP contribution in [0.25, 0.3) is 0 Å². The highest BCUT2D eigenvalue weighted by Crippen LogP contribution is 2.43. The van der Waals surface area contributed by atoms with Crippen molar-refractivity contribution in [3.8, 4) is 11.6 Å². The molecule has 0 radical (unpaired) electrons. The van der Waals surface area contributed by atoms with Gasteiger partial charge in [0.2, 0.25) is 0 Å². The molecule has 1 aliphatic rings. The van der Waals surface area contributed by atoms with Gasteiger partial charge in [0.05, 0.1) is 6.10 Å². The van der Waals surface area contributed by atoms with Crippen molar-refractivity contribution in [3.05, 3.63) is 46.4 Å². The van der Waals surface area contributed by atoms with Gasteiger partial charge in [-0.1, -0.05) is 23.7 Å². The topological polar surface area (TPSA) is 61.3 Å². The Bertz CT molecular complexity index is 778. The molecule has 0 amide bonds. The van der Waals surface area contributed by atoms with Gasteiger partial charge < -0.3 is 9.47 Å². The summed E-state index contributed by atoms with van der Waals surface area (Å²) in [6, 6.07) is 6.22. The van der Waals surface area contributed by atoms with Crippen LogP contribution in [-0.2, 0) is 4.74 Å². The summed E-state index contributed by atoms with van der Waals surface area (Å²) in [4.78, 5) is 12.2. The number of halogens is 2. The molecule has 1 aromatic carbocycles. The van der Waals surface area contributed by atoms with E-state index >= 15 is 0 Å². The molecule has 1 fully saturated rings. The van der Waals surface area contributed by atoms with Crippen LogP contribution in [0.15, 0.2) is 24.3 Å². The number of aromatic nitrogens is 2. The van der Waals surface area contributed by atoms with Gasteiger partial charge in [0, 0.05) is 0 Å². The summed E-state index contributed by atoms with van der Waals surface area (Å²) < 4.78 is 25.2. The Labute approximate surface area is 143 Å². The van der Waals surface area contributed by atoms with E-state index in [-0.39, 0.29) is 34.4 Å². The van der Waals surface area contributed by atoms with Gasteiger partial charge in [-0.2, -0.15) is 0 Å². The highest BCUT2D eigenvalue weighted by Gasteiger charge is 2.28. The molecule has 24 heavy (non-hydrogen) atoms. The largest absolute Gasteiger partial charge is 0.459 e. The smallest absolute Gasteiger partial charge is 0.344 e. The van der Waals surface area contributed by atoms with E-state index in [0.29, 0.717) is 5.56 Å². The lowest BCUT2D eigenvalue weighted by Gasteiger charge is -2.12. The summed E-state index contributed by atoms with van der Waals surface area (Å²) >= 11 is 5.80. The zero-order chi connectivity index (χ0) is 17.3. The number of hydrogen-bond donors (Lipinski definition) is 0. The lowest BCUT2D eigenvalue weighted by molar-refractivity contribution is 0.0374. The third-order valence-electron chi connectivity index (χ3n) is 3.51. The molecule has 0 atom stereocenters. The lowest BCUT2D eigenvalue weighted by Crippen LogP contribution is -2.13. The fourth-order valence-electron chi connectivity index (χ4n) is 2.28. The Morgan fingerprint density at radius 3 is 2.75 bits per heavy atom. The van der Waals surface area contributed by atoms with Crippen molar-refractivity contribution in [1.29, 1.82) is 0 Å². The normalized spacial score (nSPS) is 13.9. The molecule has 0 aliphatic heterocycles. The first-order chi connectivity index (χ1) is 11.5. The van der Waals surface area contributed by atoms with Crippen LogP contribution in [0.1, 0.15) is 48.5 Å². The summed E-state index contributed by atoms with van der Waals surface area (Å²) in [5, 5.41) is 7.44. The van der Waals surface area contributed by atoms with Crippen LogP contribution in [0, 0.1) is 5.82 Å². The Balaban J connectivity index is 1.93. The average molecular weight is 351 g/mol. The van der Waals surface area contributed by atoms with Crippen molar-refractivity contribution >= 4 is 17.6 Å². The molecule has 126 valence electrons. The maximum Gasteiger partial charge on any atom is 0.344 e. The molecule has 2 aromatic rings. The zero-order valence-electron chi connectivity index (χ0n) is 13.3. The number of ether oxygens (including phenoxy) is 2. The van der Waals surface area contributed by atoms with Crippen LogP contribution in [0.4, 0.5) is 4.39 Å². The number of nitrogens with zero attached hydrogens (tertiary/aromatic N) is 2. The van der Waals surface area contributed by atoms with Gasteiger partial charge >= 0.3 is 5.97 Å². The molecule has 1 aliphatic carbocycles. The molecule has 0 N–H and O–H groups in total. The highest BCUT2D eigenvalue weighted by atomic mass is 35.5. The second kappa shape index (κ2) is 6.73. The zero-order valence-corrected chi connectivity index (χ0v) is 14.0. The van der Waals surface area contributed by atoms with Crippen LogP contribution in [0.5, 0.6) is 11.6 Å². The molecule has 1 saturated carbocycles. The number of rotatable bonds is 5. The summed E-state index contributed by atoms with van der Waals surface area (Å²) in [5.74, 6) is -1.02. The quantitative estimate of drug-likeness (QED) is 0.743. The molecule has 7 heteroatoms. The minimum atomic E-state index is -0.657. The summed E-state index contributed by atoms with van der Waals surface area (Å²) in [6.07, 6.45) is 1.60. The van der Waals surface area contributed by atoms with Gasteiger partial charge in [0.25, 0.3) is 5.88 Å². The van der Waals surface area contributed by atoms with E-state index < -0.39 is 11.8 Å². The van der Waals surface area contributed by atoms with Gasteiger partial charge in [-0.25, -0.2) is 9.18 Å². The van der Waals surface area contributed by atoms with Crippen LogP contribution < -0.4 is 4.74 Å². The first kappa shape index (κ1) is 16.6. The maximum atomic E-state index is 14.6. The van der Waals surface area contributed by atoms with Gasteiger partial charge in [0.1, 0.15) is 5.56 Å². The van der Waals surface area contributed by atoms with E-state index in [1.165, 1.54) is 12.1 Å². The fraction of sp³-hybridized carbons (Fsp3) is 0.353. The van der Waals surface area contributed by atoms with Crippen LogP contribution >= 0.6 is 11.6 Å². The van der Waals surface area contributed by atoms with Gasteiger partial charge in [-0.05, 0) is 50.3 Å². The minimum absolute atomic E-state index is 0.0000694. The SMILES string of the molecule is CC(C)OC(=O)c1cc(Cl)nnc1Oc1cccc(C2CC2)c1F. The van der Waals surface area contributed by atoms with Gasteiger partial charge in [-0.3, -0.25) is 0 Å². The molecular formula is C17H16ClFN2O3. The van der Waals surface area contributed by atoms with E-state index in [9.17, 15) is 9.18 Å². The third kappa shape index (κ3) is 3.64. The predicted octanol–water partition coefficient (Wildman–Crippen LogP) is 4.50. The average Bonchev–Trinajstić information content (AvgIpc) is 3.35. The van der Waals surface area contributed by atoms with E-state index in [0.717, 1.165) is 12.8 Å². The highest BCUT2D eigenvalue weighted by molar-refractivity contribution is 6.29. The number of benzene rings is 1. The molecule has 3 rings (SSSR count). The standard InChI is InChI=1S/C17H16ClFN2O3/c1-9(2)23-17(22)12-8-14(18)20-21-16(12)24-13-5-3-4-11(15(13)19)10-6-7-10/h3-5,8-10H,6-7H2,1-2H3. The van der Waals surface area contributed by atoms with E-state index in [4.69, 9.17) is 21.1 Å². The van der Waals surface area contributed by atoms with Crippen molar-refractivity contribution in [2.24, 2.45) is 0 Å². The van der Waals surface area contributed by atoms with Crippen molar-refractivity contribution in [1.82, 2.24) is 10.2 Å². The predicted molar refractivity (Wildman–Crippen MR) is 86.0 cm³/mol.